The lowest BCUT2D eigenvalue weighted by Crippen LogP contribution is -2.61. The molecule has 0 spiro atoms. The maximum atomic E-state index is 12.3. The van der Waals surface area contributed by atoms with Crippen LogP contribution in [0.5, 0.6) is 0 Å². The first-order valence-corrected chi connectivity index (χ1v) is 7.71. The van der Waals surface area contributed by atoms with Gasteiger partial charge in [-0.25, -0.2) is 8.42 Å². The molecule has 1 saturated carbocycles. The van der Waals surface area contributed by atoms with E-state index in [2.05, 4.69) is 4.40 Å². The van der Waals surface area contributed by atoms with Crippen LogP contribution in [0, 0.1) is 5.92 Å². The lowest BCUT2D eigenvalue weighted by molar-refractivity contribution is 0.0211. The minimum atomic E-state index is -3.49. The highest BCUT2D eigenvalue weighted by molar-refractivity contribution is 7.91. The zero-order valence-electron chi connectivity index (χ0n) is 10.8. The molecule has 4 nitrogen and oxygen atoms in total. The summed E-state index contributed by atoms with van der Waals surface area (Å²) in [5.41, 5.74) is -0.713. The van der Waals surface area contributed by atoms with E-state index < -0.39 is 20.4 Å². The second-order valence-electron chi connectivity index (χ2n) is 5.76. The number of sulfonamides is 1. The third-order valence-corrected chi connectivity index (χ3v) is 6.90. The third kappa shape index (κ3) is 1.79. The Morgan fingerprint density at radius 2 is 1.76 bits per heavy atom. The van der Waals surface area contributed by atoms with Crippen molar-refractivity contribution in [3.8, 4) is 0 Å². The van der Waals surface area contributed by atoms with E-state index in [-0.39, 0.29) is 5.92 Å². The van der Waals surface area contributed by atoms with Crippen molar-refractivity contribution in [2.45, 2.75) is 63.2 Å². The first-order valence-electron chi connectivity index (χ1n) is 6.27. The van der Waals surface area contributed by atoms with Crippen LogP contribution in [0.2, 0.25) is 0 Å². The Hall–Kier alpha value is -0.580. The molecule has 1 aliphatic heterocycles. The van der Waals surface area contributed by atoms with Gasteiger partial charge in [0, 0.05) is 0 Å². The van der Waals surface area contributed by atoms with Crippen molar-refractivity contribution in [1.82, 2.24) is 0 Å². The van der Waals surface area contributed by atoms with Gasteiger partial charge >= 0.3 is 0 Å². The lowest BCUT2D eigenvalue weighted by Gasteiger charge is -2.48. The zero-order valence-corrected chi connectivity index (χ0v) is 11.6. The second-order valence-corrected chi connectivity index (χ2v) is 7.77. The highest BCUT2D eigenvalue weighted by Gasteiger charge is 2.59. The van der Waals surface area contributed by atoms with Gasteiger partial charge in [0.15, 0.2) is 6.40 Å². The summed E-state index contributed by atoms with van der Waals surface area (Å²) in [6, 6.07) is 0. The molecule has 0 radical (unpaired) electrons. The molecule has 1 fully saturated rings. The van der Waals surface area contributed by atoms with Gasteiger partial charge in [-0.3, -0.25) is 0 Å². The van der Waals surface area contributed by atoms with Gasteiger partial charge in [-0.1, -0.05) is 19.3 Å². The van der Waals surface area contributed by atoms with Crippen LogP contribution in [0.3, 0.4) is 0 Å². The fourth-order valence-corrected chi connectivity index (χ4v) is 4.80. The predicted octanol–water partition coefficient (Wildman–Crippen LogP) is 2.49. The summed E-state index contributed by atoms with van der Waals surface area (Å²) in [5, 5.41) is 0. The van der Waals surface area contributed by atoms with Crippen molar-refractivity contribution in [1.29, 1.82) is 0 Å². The second kappa shape index (κ2) is 3.97. The van der Waals surface area contributed by atoms with Crippen molar-refractivity contribution in [2.75, 3.05) is 0 Å². The molecule has 5 heteroatoms. The van der Waals surface area contributed by atoms with Crippen LogP contribution in [0.25, 0.3) is 0 Å². The monoisotopic (exact) mass is 259 g/mol. The molecule has 1 atom stereocenters. The highest BCUT2D eigenvalue weighted by Crippen LogP contribution is 2.47. The van der Waals surface area contributed by atoms with Crippen LogP contribution < -0.4 is 0 Å². The van der Waals surface area contributed by atoms with E-state index in [1.807, 2.05) is 13.8 Å². The normalized spacial score (nSPS) is 36.4. The summed E-state index contributed by atoms with van der Waals surface area (Å²) >= 11 is 0. The summed E-state index contributed by atoms with van der Waals surface area (Å²) in [4.78, 5) is 0. The summed E-state index contributed by atoms with van der Waals surface area (Å²) in [6.45, 7) is 5.50. The van der Waals surface area contributed by atoms with E-state index in [0.717, 1.165) is 32.1 Å². The van der Waals surface area contributed by atoms with Gasteiger partial charge in [0.05, 0.1) is 0 Å². The molecule has 98 valence electrons. The van der Waals surface area contributed by atoms with E-state index in [9.17, 15) is 8.42 Å². The van der Waals surface area contributed by atoms with Crippen molar-refractivity contribution < 1.29 is 13.2 Å². The van der Waals surface area contributed by atoms with Crippen molar-refractivity contribution in [2.24, 2.45) is 10.3 Å². The number of hydrogen-bond acceptors (Lipinski definition) is 3. The molecular formula is C12H21NO3S. The Bertz CT molecular complexity index is 421. The van der Waals surface area contributed by atoms with E-state index in [1.54, 1.807) is 6.92 Å². The van der Waals surface area contributed by atoms with Crippen LogP contribution in [0.1, 0.15) is 52.9 Å². The average Bonchev–Trinajstić information content (AvgIpc) is 2.26. The van der Waals surface area contributed by atoms with E-state index in [1.165, 1.54) is 6.42 Å². The largest absolute Gasteiger partial charge is 0.475 e. The van der Waals surface area contributed by atoms with Crippen LogP contribution in [0.15, 0.2) is 4.40 Å². The van der Waals surface area contributed by atoms with Gasteiger partial charge in [-0.05, 0) is 39.5 Å². The molecule has 17 heavy (non-hydrogen) atoms. The number of ether oxygens (including phenoxy) is 1. The average molecular weight is 259 g/mol. The number of nitrogens with zero attached hydrogens (tertiary/aromatic N) is 1. The topological polar surface area (TPSA) is 55.7 Å². The predicted molar refractivity (Wildman–Crippen MR) is 67.6 cm³/mol. The van der Waals surface area contributed by atoms with Crippen LogP contribution in [0.4, 0.5) is 0 Å². The Balaban J connectivity index is 2.46. The minimum absolute atomic E-state index is 0.147. The molecule has 0 amide bonds. The Morgan fingerprint density at radius 1 is 1.18 bits per heavy atom. The van der Waals surface area contributed by atoms with E-state index in [0.29, 0.717) is 0 Å². The summed E-state index contributed by atoms with van der Waals surface area (Å²) in [6.07, 6.45) is 6.41. The lowest BCUT2D eigenvalue weighted by atomic mass is 9.73. The molecule has 0 aromatic carbocycles. The summed E-state index contributed by atoms with van der Waals surface area (Å²) < 4.78 is 32.9. The van der Waals surface area contributed by atoms with Crippen LogP contribution >= 0.6 is 0 Å². The molecule has 1 heterocycles. The first-order chi connectivity index (χ1) is 7.81. The maximum Gasteiger partial charge on any atom is 0.265 e. The minimum Gasteiger partial charge on any atom is -0.475 e. The molecule has 0 aromatic heterocycles. The van der Waals surface area contributed by atoms with E-state index >= 15 is 0 Å². The van der Waals surface area contributed by atoms with Gasteiger partial charge in [0.25, 0.3) is 10.0 Å². The molecule has 0 saturated heterocycles. The van der Waals surface area contributed by atoms with E-state index in [4.69, 9.17) is 4.74 Å². The molecule has 0 N–H and O–H groups in total. The number of rotatable bonds is 1. The van der Waals surface area contributed by atoms with Crippen molar-refractivity contribution >= 4 is 16.4 Å². The Morgan fingerprint density at radius 3 is 2.29 bits per heavy atom. The van der Waals surface area contributed by atoms with Crippen LogP contribution in [-0.4, -0.2) is 25.2 Å². The fourth-order valence-electron chi connectivity index (χ4n) is 3.10. The molecular weight excluding hydrogens is 238 g/mol. The quantitative estimate of drug-likeness (QED) is 0.727. The van der Waals surface area contributed by atoms with Crippen LogP contribution in [-0.2, 0) is 14.8 Å². The summed E-state index contributed by atoms with van der Waals surface area (Å²) in [5.74, 6) is 0.147. The van der Waals surface area contributed by atoms with Gasteiger partial charge < -0.3 is 4.74 Å². The fraction of sp³-hybridized carbons (Fsp3) is 0.917. The third-order valence-electron chi connectivity index (χ3n) is 4.64. The Labute approximate surface area is 104 Å². The van der Waals surface area contributed by atoms with Crippen molar-refractivity contribution in [3.63, 3.8) is 0 Å². The SMILES string of the molecule is CC1(C)OC=NS(=O)(=O)C1(C)C1CCCCC1. The number of hydrogen-bond donors (Lipinski definition) is 0. The summed E-state index contributed by atoms with van der Waals surface area (Å²) in [7, 11) is -3.49. The molecule has 2 aliphatic rings. The van der Waals surface area contributed by atoms with Crippen molar-refractivity contribution in [3.05, 3.63) is 0 Å². The van der Waals surface area contributed by atoms with Gasteiger partial charge in [-0.2, -0.15) is 0 Å². The standard InChI is InChI=1S/C12H21NO3S/c1-11(2)12(3,10-7-5-4-6-8-10)17(14,15)13-9-16-11/h9-10H,4-8H2,1-3H3. The maximum absolute atomic E-state index is 12.3. The molecule has 2 rings (SSSR count). The Kier molecular flexibility index (Phi) is 3.00. The van der Waals surface area contributed by atoms with Gasteiger partial charge in [0.1, 0.15) is 10.3 Å². The molecule has 1 aliphatic carbocycles. The smallest absolute Gasteiger partial charge is 0.265 e. The molecule has 0 aromatic rings. The highest BCUT2D eigenvalue weighted by atomic mass is 32.2. The zero-order chi connectivity index (χ0) is 12.7. The van der Waals surface area contributed by atoms with Gasteiger partial charge in [0.2, 0.25) is 0 Å². The first kappa shape index (κ1) is 12.9. The van der Waals surface area contributed by atoms with Gasteiger partial charge in [-0.15, -0.1) is 4.40 Å². The molecule has 1 unspecified atom stereocenters. The molecule has 0 bridgehead atoms.